The van der Waals surface area contributed by atoms with Crippen molar-refractivity contribution in [2.24, 2.45) is 0 Å². The van der Waals surface area contributed by atoms with E-state index in [2.05, 4.69) is 25.9 Å². The molecule has 1 amide bonds. The molecule has 1 aliphatic heterocycles. The molecular formula is C13H17ClN6O2. The van der Waals surface area contributed by atoms with Crippen LogP contribution in [0.2, 0.25) is 0 Å². The molecule has 118 valence electrons. The van der Waals surface area contributed by atoms with Crippen molar-refractivity contribution in [2.45, 2.75) is 18.9 Å². The highest BCUT2D eigenvalue weighted by molar-refractivity contribution is 6.02. The summed E-state index contributed by atoms with van der Waals surface area (Å²) in [6.07, 6.45) is 5.05. The Balaban J connectivity index is 0.00000176. The summed E-state index contributed by atoms with van der Waals surface area (Å²) in [4.78, 5) is 16.0. The number of pyridine rings is 1. The molecule has 0 bridgehead atoms. The highest BCUT2D eigenvalue weighted by Gasteiger charge is 2.19. The fourth-order valence-corrected chi connectivity index (χ4v) is 2.30. The summed E-state index contributed by atoms with van der Waals surface area (Å²) in [5.74, 6) is -0.417. The van der Waals surface area contributed by atoms with E-state index in [1.54, 1.807) is 16.9 Å². The molecule has 0 aliphatic carbocycles. The van der Waals surface area contributed by atoms with Gasteiger partial charge >= 0.3 is 0 Å². The number of hydrogen-bond acceptors (Lipinski definition) is 6. The van der Waals surface area contributed by atoms with Crippen LogP contribution in [0.5, 0.6) is 5.75 Å². The third-order valence-electron chi connectivity index (χ3n) is 3.44. The van der Waals surface area contributed by atoms with Gasteiger partial charge in [0.2, 0.25) is 0 Å². The summed E-state index contributed by atoms with van der Waals surface area (Å²) in [7, 11) is 0. The molecule has 0 aromatic carbocycles. The van der Waals surface area contributed by atoms with E-state index in [1.807, 2.05) is 0 Å². The second kappa shape index (κ2) is 7.19. The predicted octanol–water partition coefficient (Wildman–Crippen LogP) is 0.977. The van der Waals surface area contributed by atoms with Gasteiger partial charge in [0.15, 0.2) is 17.3 Å². The molecule has 0 unspecified atom stereocenters. The Labute approximate surface area is 133 Å². The van der Waals surface area contributed by atoms with E-state index in [-0.39, 0.29) is 35.7 Å². The van der Waals surface area contributed by atoms with Crippen LogP contribution in [0.4, 0.5) is 5.82 Å². The van der Waals surface area contributed by atoms with E-state index < -0.39 is 5.91 Å². The summed E-state index contributed by atoms with van der Waals surface area (Å²) in [6, 6.07) is 3.30. The quantitative estimate of drug-likeness (QED) is 0.777. The number of carbonyl (C=O) groups is 1. The van der Waals surface area contributed by atoms with Crippen LogP contribution < -0.4 is 10.6 Å². The van der Waals surface area contributed by atoms with Gasteiger partial charge in [-0.05, 0) is 38.1 Å². The Morgan fingerprint density at radius 2 is 2.18 bits per heavy atom. The lowest BCUT2D eigenvalue weighted by Crippen LogP contribution is -2.29. The second-order valence-electron chi connectivity index (χ2n) is 4.89. The minimum absolute atomic E-state index is 0. The van der Waals surface area contributed by atoms with Gasteiger partial charge in [0.25, 0.3) is 5.91 Å². The van der Waals surface area contributed by atoms with Crippen LogP contribution in [0.25, 0.3) is 0 Å². The number of nitrogens with one attached hydrogen (secondary N) is 2. The molecule has 0 spiro atoms. The molecular weight excluding hydrogens is 308 g/mol. The maximum absolute atomic E-state index is 12.1. The number of carbonyl (C=O) groups excluding carboxylic acids is 1. The first-order valence-corrected chi connectivity index (χ1v) is 6.82. The van der Waals surface area contributed by atoms with E-state index in [1.165, 1.54) is 12.3 Å². The van der Waals surface area contributed by atoms with Crippen molar-refractivity contribution in [3.05, 3.63) is 30.2 Å². The molecule has 22 heavy (non-hydrogen) atoms. The number of piperidine rings is 1. The Morgan fingerprint density at radius 3 is 2.91 bits per heavy atom. The number of amides is 1. The first kappa shape index (κ1) is 16.2. The van der Waals surface area contributed by atoms with Crippen LogP contribution in [0.1, 0.15) is 29.4 Å². The Bertz CT molecular complexity index is 641. The van der Waals surface area contributed by atoms with Crippen molar-refractivity contribution >= 4 is 24.1 Å². The number of aromatic nitrogens is 4. The van der Waals surface area contributed by atoms with E-state index in [0.717, 1.165) is 25.9 Å². The van der Waals surface area contributed by atoms with Gasteiger partial charge in [-0.3, -0.25) is 4.79 Å². The molecule has 2 aromatic heterocycles. The van der Waals surface area contributed by atoms with Crippen molar-refractivity contribution < 1.29 is 9.90 Å². The highest BCUT2D eigenvalue weighted by atomic mass is 35.5. The molecule has 0 atom stereocenters. The van der Waals surface area contributed by atoms with E-state index >= 15 is 0 Å². The average molecular weight is 325 g/mol. The first-order valence-electron chi connectivity index (χ1n) is 6.82. The molecule has 3 heterocycles. The van der Waals surface area contributed by atoms with Crippen molar-refractivity contribution in [1.29, 1.82) is 0 Å². The average Bonchev–Trinajstić information content (AvgIpc) is 3.00. The van der Waals surface area contributed by atoms with E-state index in [9.17, 15) is 9.90 Å². The SMILES string of the molecule is Cl.O=C(Nc1ncccc1O)c1cn(C2CCNCC2)nn1. The Hall–Kier alpha value is -2.19. The monoisotopic (exact) mass is 324 g/mol. The van der Waals surface area contributed by atoms with Gasteiger partial charge in [-0.15, -0.1) is 17.5 Å². The van der Waals surface area contributed by atoms with Gasteiger partial charge in [-0.1, -0.05) is 5.21 Å². The van der Waals surface area contributed by atoms with Crippen LogP contribution in [0.15, 0.2) is 24.5 Å². The molecule has 2 aromatic rings. The zero-order chi connectivity index (χ0) is 14.7. The Morgan fingerprint density at radius 1 is 1.41 bits per heavy atom. The predicted molar refractivity (Wildman–Crippen MR) is 82.3 cm³/mol. The van der Waals surface area contributed by atoms with Gasteiger partial charge in [0.05, 0.1) is 12.2 Å². The standard InChI is InChI=1S/C13H16N6O2.ClH/c20-11-2-1-5-15-12(11)16-13(21)10-8-19(18-17-10)9-3-6-14-7-4-9;/h1-2,5,8-9,14,20H,3-4,6-7H2,(H,15,16,21);1H. The third kappa shape index (κ3) is 3.52. The number of anilines is 1. The van der Waals surface area contributed by atoms with Crippen LogP contribution in [0.3, 0.4) is 0 Å². The maximum Gasteiger partial charge on any atom is 0.279 e. The topological polar surface area (TPSA) is 105 Å². The van der Waals surface area contributed by atoms with Gasteiger partial charge < -0.3 is 15.7 Å². The minimum Gasteiger partial charge on any atom is -0.504 e. The second-order valence-corrected chi connectivity index (χ2v) is 4.89. The summed E-state index contributed by atoms with van der Waals surface area (Å²) < 4.78 is 1.73. The highest BCUT2D eigenvalue weighted by Crippen LogP contribution is 2.20. The van der Waals surface area contributed by atoms with E-state index in [4.69, 9.17) is 0 Å². The van der Waals surface area contributed by atoms with Crippen LogP contribution in [0, 0.1) is 0 Å². The van der Waals surface area contributed by atoms with Gasteiger partial charge in [0, 0.05) is 6.20 Å². The van der Waals surface area contributed by atoms with Gasteiger partial charge in [0.1, 0.15) is 0 Å². The zero-order valence-electron chi connectivity index (χ0n) is 11.8. The number of aromatic hydroxyl groups is 1. The molecule has 1 aliphatic rings. The number of halogens is 1. The van der Waals surface area contributed by atoms with Crippen molar-refractivity contribution in [2.75, 3.05) is 18.4 Å². The molecule has 3 N–H and O–H groups in total. The minimum atomic E-state index is -0.441. The summed E-state index contributed by atoms with van der Waals surface area (Å²) in [5.41, 5.74) is 0.207. The van der Waals surface area contributed by atoms with E-state index in [0.29, 0.717) is 0 Å². The van der Waals surface area contributed by atoms with Gasteiger partial charge in [-0.2, -0.15) is 0 Å². The fourth-order valence-electron chi connectivity index (χ4n) is 2.30. The lowest BCUT2D eigenvalue weighted by Gasteiger charge is -2.22. The summed E-state index contributed by atoms with van der Waals surface area (Å²) in [5, 5.41) is 23.3. The van der Waals surface area contributed by atoms with Crippen molar-refractivity contribution in [3.63, 3.8) is 0 Å². The fraction of sp³-hybridized carbons (Fsp3) is 0.385. The molecule has 9 heteroatoms. The third-order valence-corrected chi connectivity index (χ3v) is 3.44. The molecule has 0 saturated carbocycles. The molecule has 0 radical (unpaired) electrons. The van der Waals surface area contributed by atoms with Gasteiger partial charge in [-0.25, -0.2) is 9.67 Å². The number of nitrogens with zero attached hydrogens (tertiary/aromatic N) is 4. The number of hydrogen-bond donors (Lipinski definition) is 3. The smallest absolute Gasteiger partial charge is 0.279 e. The normalized spacial score (nSPS) is 15.1. The summed E-state index contributed by atoms with van der Waals surface area (Å²) in [6.45, 7) is 1.88. The maximum atomic E-state index is 12.1. The molecule has 3 rings (SSSR count). The first-order chi connectivity index (χ1) is 10.2. The zero-order valence-corrected chi connectivity index (χ0v) is 12.6. The van der Waals surface area contributed by atoms with Crippen LogP contribution in [-0.2, 0) is 0 Å². The molecule has 1 fully saturated rings. The lowest BCUT2D eigenvalue weighted by atomic mass is 10.1. The van der Waals surface area contributed by atoms with Crippen molar-refractivity contribution in [3.8, 4) is 5.75 Å². The lowest BCUT2D eigenvalue weighted by molar-refractivity contribution is 0.102. The van der Waals surface area contributed by atoms with Crippen LogP contribution >= 0.6 is 12.4 Å². The number of rotatable bonds is 3. The summed E-state index contributed by atoms with van der Waals surface area (Å²) >= 11 is 0. The Kier molecular flexibility index (Phi) is 5.29. The van der Waals surface area contributed by atoms with Crippen molar-refractivity contribution in [1.82, 2.24) is 25.3 Å². The largest absolute Gasteiger partial charge is 0.504 e. The van der Waals surface area contributed by atoms with Crippen LogP contribution in [-0.4, -0.2) is 44.1 Å². The molecule has 1 saturated heterocycles. The molecule has 8 nitrogen and oxygen atoms in total.